The number of rotatable bonds is 4. The topological polar surface area (TPSA) is 32.3 Å². The SMILES string of the molecule is C#CCC(C)NCC(=O)N1CCCCCC1. The van der Waals surface area contributed by atoms with Crippen molar-refractivity contribution in [2.24, 2.45) is 0 Å². The molecule has 90 valence electrons. The number of nitrogens with zero attached hydrogens (tertiary/aromatic N) is 1. The van der Waals surface area contributed by atoms with Crippen LogP contribution in [0.2, 0.25) is 0 Å². The third-order valence-electron chi connectivity index (χ3n) is 2.98. The summed E-state index contributed by atoms with van der Waals surface area (Å²) in [6, 6.07) is 0.223. The summed E-state index contributed by atoms with van der Waals surface area (Å²) < 4.78 is 0. The van der Waals surface area contributed by atoms with Crippen LogP contribution in [0.25, 0.3) is 0 Å². The van der Waals surface area contributed by atoms with Crippen molar-refractivity contribution in [1.29, 1.82) is 0 Å². The molecule has 3 heteroatoms. The van der Waals surface area contributed by atoms with E-state index in [0.29, 0.717) is 13.0 Å². The molecule has 1 N–H and O–H groups in total. The van der Waals surface area contributed by atoms with E-state index in [9.17, 15) is 4.79 Å². The van der Waals surface area contributed by atoms with Crippen LogP contribution in [0.4, 0.5) is 0 Å². The largest absolute Gasteiger partial charge is 0.342 e. The molecule has 3 nitrogen and oxygen atoms in total. The van der Waals surface area contributed by atoms with Crippen molar-refractivity contribution in [2.75, 3.05) is 19.6 Å². The first kappa shape index (κ1) is 13.1. The van der Waals surface area contributed by atoms with Gasteiger partial charge in [0.1, 0.15) is 0 Å². The van der Waals surface area contributed by atoms with Crippen molar-refractivity contribution in [3.05, 3.63) is 0 Å². The molecule has 1 rings (SSSR count). The Kier molecular flexibility index (Phi) is 5.95. The van der Waals surface area contributed by atoms with Crippen molar-refractivity contribution in [3.8, 4) is 12.3 Å². The molecular formula is C13H22N2O. The molecule has 0 aromatic carbocycles. The van der Waals surface area contributed by atoms with Crippen LogP contribution in [-0.4, -0.2) is 36.5 Å². The van der Waals surface area contributed by atoms with E-state index in [1.807, 2.05) is 11.8 Å². The van der Waals surface area contributed by atoms with Crippen LogP contribution in [0.1, 0.15) is 39.0 Å². The lowest BCUT2D eigenvalue weighted by Gasteiger charge is -2.21. The molecule has 16 heavy (non-hydrogen) atoms. The first-order chi connectivity index (χ1) is 7.74. The summed E-state index contributed by atoms with van der Waals surface area (Å²) in [4.78, 5) is 13.8. The average molecular weight is 222 g/mol. The van der Waals surface area contributed by atoms with E-state index in [0.717, 1.165) is 25.9 Å². The second kappa shape index (κ2) is 7.29. The molecule has 1 atom stereocenters. The Morgan fingerprint density at radius 3 is 2.56 bits per heavy atom. The van der Waals surface area contributed by atoms with Gasteiger partial charge >= 0.3 is 0 Å². The van der Waals surface area contributed by atoms with Crippen LogP contribution in [0.15, 0.2) is 0 Å². The molecule has 1 amide bonds. The third-order valence-corrected chi connectivity index (χ3v) is 2.98. The Morgan fingerprint density at radius 2 is 2.00 bits per heavy atom. The molecule has 0 aliphatic carbocycles. The normalized spacial score (nSPS) is 18.6. The van der Waals surface area contributed by atoms with Gasteiger partial charge in [-0.1, -0.05) is 12.8 Å². The summed E-state index contributed by atoms with van der Waals surface area (Å²) in [6.07, 6.45) is 10.7. The summed E-state index contributed by atoms with van der Waals surface area (Å²) in [5, 5.41) is 3.17. The van der Waals surface area contributed by atoms with E-state index in [2.05, 4.69) is 11.2 Å². The lowest BCUT2D eigenvalue weighted by molar-refractivity contribution is -0.130. The monoisotopic (exact) mass is 222 g/mol. The molecule has 0 aromatic rings. The highest BCUT2D eigenvalue weighted by molar-refractivity contribution is 5.78. The molecule has 0 aromatic heterocycles. The number of terminal acetylenes is 1. The molecule has 1 aliphatic heterocycles. The zero-order valence-electron chi connectivity index (χ0n) is 10.2. The molecular weight excluding hydrogens is 200 g/mol. The van der Waals surface area contributed by atoms with Gasteiger partial charge in [0.2, 0.25) is 5.91 Å². The summed E-state index contributed by atoms with van der Waals surface area (Å²) in [5.74, 6) is 2.81. The van der Waals surface area contributed by atoms with Crippen LogP contribution in [0.3, 0.4) is 0 Å². The number of nitrogens with one attached hydrogen (secondary N) is 1. The average Bonchev–Trinajstić information content (AvgIpc) is 2.55. The number of carbonyl (C=O) groups excluding carboxylic acids is 1. The van der Waals surface area contributed by atoms with Gasteiger partial charge in [-0.2, -0.15) is 0 Å². The van der Waals surface area contributed by atoms with E-state index >= 15 is 0 Å². The van der Waals surface area contributed by atoms with Gasteiger partial charge in [-0.3, -0.25) is 4.79 Å². The standard InChI is InChI=1S/C13H22N2O/c1-3-8-12(2)14-11-13(16)15-9-6-4-5-7-10-15/h1,12,14H,4-11H2,2H3. The van der Waals surface area contributed by atoms with Crippen LogP contribution in [-0.2, 0) is 4.79 Å². The van der Waals surface area contributed by atoms with Gasteiger partial charge in [-0.15, -0.1) is 12.3 Å². The highest BCUT2D eigenvalue weighted by atomic mass is 16.2. The van der Waals surface area contributed by atoms with E-state index in [1.165, 1.54) is 12.8 Å². The molecule has 0 saturated carbocycles. The fraction of sp³-hybridized carbons (Fsp3) is 0.769. The molecule has 1 unspecified atom stereocenters. The quantitative estimate of drug-likeness (QED) is 0.729. The van der Waals surface area contributed by atoms with Crippen LogP contribution < -0.4 is 5.32 Å². The summed E-state index contributed by atoms with van der Waals surface area (Å²) in [6.45, 7) is 4.27. The Morgan fingerprint density at radius 1 is 1.38 bits per heavy atom. The van der Waals surface area contributed by atoms with Crippen LogP contribution in [0.5, 0.6) is 0 Å². The molecule has 0 radical (unpaired) electrons. The Hall–Kier alpha value is -1.01. The molecule has 1 heterocycles. The zero-order chi connectivity index (χ0) is 11.8. The van der Waals surface area contributed by atoms with Crippen molar-refractivity contribution in [2.45, 2.75) is 45.1 Å². The fourth-order valence-electron chi connectivity index (χ4n) is 1.94. The summed E-state index contributed by atoms with van der Waals surface area (Å²) in [5.41, 5.74) is 0. The maximum atomic E-state index is 11.9. The van der Waals surface area contributed by atoms with Crippen molar-refractivity contribution in [1.82, 2.24) is 10.2 Å². The lowest BCUT2D eigenvalue weighted by atomic mass is 10.2. The Labute approximate surface area is 98.6 Å². The van der Waals surface area contributed by atoms with Crippen molar-refractivity contribution in [3.63, 3.8) is 0 Å². The Bertz CT molecular complexity index is 249. The smallest absolute Gasteiger partial charge is 0.236 e. The molecule has 1 aliphatic rings. The van der Waals surface area contributed by atoms with E-state index in [1.54, 1.807) is 0 Å². The number of hydrogen-bond acceptors (Lipinski definition) is 2. The minimum atomic E-state index is 0.214. The van der Waals surface area contributed by atoms with Gasteiger partial charge < -0.3 is 10.2 Å². The first-order valence-electron chi connectivity index (χ1n) is 6.18. The van der Waals surface area contributed by atoms with Crippen molar-refractivity contribution < 1.29 is 4.79 Å². The molecule has 1 fully saturated rings. The minimum Gasteiger partial charge on any atom is -0.342 e. The highest BCUT2D eigenvalue weighted by Gasteiger charge is 2.15. The second-order valence-corrected chi connectivity index (χ2v) is 4.49. The molecule has 1 saturated heterocycles. The summed E-state index contributed by atoms with van der Waals surface area (Å²) >= 11 is 0. The van der Waals surface area contributed by atoms with Gasteiger partial charge in [-0.05, 0) is 19.8 Å². The number of likely N-dealkylation sites (tertiary alicyclic amines) is 1. The highest BCUT2D eigenvalue weighted by Crippen LogP contribution is 2.09. The number of carbonyl (C=O) groups is 1. The minimum absolute atomic E-state index is 0.214. The van der Waals surface area contributed by atoms with Gasteiger partial charge in [0, 0.05) is 25.6 Å². The Balaban J connectivity index is 2.25. The summed E-state index contributed by atoms with van der Waals surface area (Å²) in [7, 11) is 0. The fourth-order valence-corrected chi connectivity index (χ4v) is 1.94. The van der Waals surface area contributed by atoms with Gasteiger partial charge in [0.25, 0.3) is 0 Å². The van der Waals surface area contributed by atoms with E-state index in [-0.39, 0.29) is 11.9 Å². The predicted molar refractivity (Wildman–Crippen MR) is 66.0 cm³/mol. The zero-order valence-corrected chi connectivity index (χ0v) is 10.2. The second-order valence-electron chi connectivity index (χ2n) is 4.49. The predicted octanol–water partition coefficient (Wildman–Crippen LogP) is 1.39. The van der Waals surface area contributed by atoms with Crippen LogP contribution in [0, 0.1) is 12.3 Å². The lowest BCUT2D eigenvalue weighted by Crippen LogP contribution is -2.41. The number of amides is 1. The van der Waals surface area contributed by atoms with E-state index < -0.39 is 0 Å². The third kappa shape index (κ3) is 4.67. The van der Waals surface area contributed by atoms with E-state index in [4.69, 9.17) is 6.42 Å². The van der Waals surface area contributed by atoms with Gasteiger partial charge in [0.15, 0.2) is 0 Å². The first-order valence-corrected chi connectivity index (χ1v) is 6.18. The number of hydrogen-bond donors (Lipinski definition) is 1. The van der Waals surface area contributed by atoms with Gasteiger partial charge in [-0.25, -0.2) is 0 Å². The molecule has 0 bridgehead atoms. The maximum Gasteiger partial charge on any atom is 0.236 e. The van der Waals surface area contributed by atoms with Gasteiger partial charge in [0.05, 0.1) is 6.54 Å². The van der Waals surface area contributed by atoms with Crippen LogP contribution >= 0.6 is 0 Å². The van der Waals surface area contributed by atoms with Crippen molar-refractivity contribution >= 4 is 5.91 Å². The maximum absolute atomic E-state index is 11.9. The molecule has 0 spiro atoms.